The van der Waals surface area contributed by atoms with Gasteiger partial charge in [-0.3, -0.25) is 4.99 Å². The van der Waals surface area contributed by atoms with E-state index in [9.17, 15) is 21.6 Å². The Kier molecular flexibility index (Phi) is 8.28. The summed E-state index contributed by atoms with van der Waals surface area (Å²) in [5.74, 6) is 2.49. The molecule has 2 saturated heterocycles. The highest BCUT2D eigenvalue weighted by Crippen LogP contribution is 2.36. The summed E-state index contributed by atoms with van der Waals surface area (Å²) in [6, 6.07) is 0. The fraction of sp³-hybridized carbons (Fsp3) is 0.941. The summed E-state index contributed by atoms with van der Waals surface area (Å²) in [7, 11) is -3.45. The van der Waals surface area contributed by atoms with Crippen LogP contribution in [0.25, 0.3) is 0 Å². The summed E-state index contributed by atoms with van der Waals surface area (Å²) in [6.07, 6.45) is 6.02. The van der Waals surface area contributed by atoms with E-state index < -0.39 is 15.5 Å². The van der Waals surface area contributed by atoms with Crippen molar-refractivity contribution in [2.24, 2.45) is 22.7 Å². The van der Waals surface area contributed by atoms with Gasteiger partial charge in [-0.2, -0.15) is 17.5 Å². The topological polar surface area (TPSA) is 65.0 Å². The van der Waals surface area contributed by atoms with Crippen LogP contribution in [0.5, 0.6) is 0 Å². The van der Waals surface area contributed by atoms with E-state index >= 15 is 0 Å². The number of hydrogen-bond donors (Lipinski definition) is 1. The lowest BCUT2D eigenvalue weighted by atomic mass is 9.82. The number of nitrogens with one attached hydrogen (secondary N) is 1. The quantitative estimate of drug-likeness (QED) is 0.341. The molecular formula is C17H30F3IN4O2S. The van der Waals surface area contributed by atoms with Gasteiger partial charge in [0.2, 0.25) is 0 Å². The molecule has 2 heterocycles. The molecule has 0 spiro atoms. The molecule has 3 aliphatic rings. The van der Waals surface area contributed by atoms with Crippen molar-refractivity contribution in [1.82, 2.24) is 14.5 Å². The third-order valence-electron chi connectivity index (χ3n) is 6.24. The Morgan fingerprint density at radius 2 is 1.61 bits per heavy atom. The molecule has 11 heteroatoms. The lowest BCUT2D eigenvalue weighted by Crippen LogP contribution is -2.47. The Morgan fingerprint density at radius 1 is 1.07 bits per heavy atom. The van der Waals surface area contributed by atoms with Crippen molar-refractivity contribution < 1.29 is 21.6 Å². The normalized spacial score (nSPS) is 28.0. The fourth-order valence-electron chi connectivity index (χ4n) is 4.65. The van der Waals surface area contributed by atoms with E-state index in [1.807, 2.05) is 0 Å². The Hall–Kier alpha value is -0.300. The van der Waals surface area contributed by atoms with Gasteiger partial charge in [-0.1, -0.05) is 12.8 Å². The average Bonchev–Trinajstić information content (AvgIpc) is 3.05. The maximum atomic E-state index is 12.7. The van der Waals surface area contributed by atoms with E-state index in [4.69, 9.17) is 0 Å². The summed E-state index contributed by atoms with van der Waals surface area (Å²) < 4.78 is 61.5. The van der Waals surface area contributed by atoms with E-state index in [1.165, 1.54) is 25.7 Å². The van der Waals surface area contributed by atoms with Crippen molar-refractivity contribution in [1.29, 1.82) is 0 Å². The largest absolute Gasteiger partial charge is 0.511 e. The van der Waals surface area contributed by atoms with Crippen LogP contribution in [0.1, 0.15) is 38.5 Å². The Labute approximate surface area is 182 Å². The second-order valence-corrected chi connectivity index (χ2v) is 9.86. The second-order valence-electron chi connectivity index (χ2n) is 7.93. The van der Waals surface area contributed by atoms with Crippen LogP contribution >= 0.6 is 24.0 Å². The first kappa shape index (κ1) is 24.0. The zero-order valence-corrected chi connectivity index (χ0v) is 19.3. The monoisotopic (exact) mass is 538 g/mol. The Morgan fingerprint density at radius 3 is 2.07 bits per heavy atom. The highest BCUT2D eigenvalue weighted by Gasteiger charge is 2.50. The van der Waals surface area contributed by atoms with Crippen LogP contribution in [-0.4, -0.2) is 68.9 Å². The van der Waals surface area contributed by atoms with Crippen molar-refractivity contribution in [2.45, 2.75) is 44.0 Å². The zero-order valence-electron chi connectivity index (χ0n) is 16.1. The van der Waals surface area contributed by atoms with Crippen LogP contribution < -0.4 is 5.32 Å². The molecular weight excluding hydrogens is 508 g/mol. The van der Waals surface area contributed by atoms with Crippen molar-refractivity contribution in [3.8, 4) is 0 Å². The molecule has 2 unspecified atom stereocenters. The number of sulfonamides is 1. The highest BCUT2D eigenvalue weighted by molar-refractivity contribution is 14.0. The lowest BCUT2D eigenvalue weighted by molar-refractivity contribution is -0.0496. The first-order valence-electron chi connectivity index (χ1n) is 9.74. The summed E-state index contributed by atoms with van der Waals surface area (Å²) in [6.45, 7) is 2.49. The molecule has 0 radical (unpaired) electrons. The Bertz CT molecular complexity index is 637. The smallest absolute Gasteiger partial charge is 0.356 e. The number of rotatable bonds is 3. The molecule has 2 atom stereocenters. The van der Waals surface area contributed by atoms with Crippen LogP contribution in [-0.2, 0) is 10.0 Å². The maximum absolute atomic E-state index is 12.7. The molecule has 0 amide bonds. The molecule has 0 aromatic heterocycles. The minimum absolute atomic E-state index is 0. The van der Waals surface area contributed by atoms with Crippen LogP contribution in [0.2, 0.25) is 0 Å². The average molecular weight is 538 g/mol. The zero-order chi connectivity index (χ0) is 19.7. The molecule has 6 nitrogen and oxygen atoms in total. The van der Waals surface area contributed by atoms with Gasteiger partial charge in [0.15, 0.2) is 5.96 Å². The maximum Gasteiger partial charge on any atom is 0.511 e. The molecule has 3 rings (SSSR count). The van der Waals surface area contributed by atoms with E-state index in [-0.39, 0.29) is 43.0 Å². The van der Waals surface area contributed by atoms with Gasteiger partial charge in [0.1, 0.15) is 0 Å². The van der Waals surface area contributed by atoms with Gasteiger partial charge in [0, 0.05) is 39.8 Å². The number of likely N-dealkylation sites (tertiary alicyclic amines) is 1. The third kappa shape index (κ3) is 5.24. The number of alkyl halides is 3. The first-order valence-corrected chi connectivity index (χ1v) is 11.2. The van der Waals surface area contributed by atoms with Gasteiger partial charge >= 0.3 is 15.5 Å². The first-order chi connectivity index (χ1) is 12.7. The van der Waals surface area contributed by atoms with E-state index in [0.29, 0.717) is 23.7 Å². The van der Waals surface area contributed by atoms with Crippen LogP contribution in [0.4, 0.5) is 13.2 Å². The Balaban J connectivity index is 0.00000280. The SMILES string of the molecule is CN=C(NCC1CCN(S(=O)(=O)C(F)(F)F)CC1)N1CC2CCCCC2C1.I. The summed E-state index contributed by atoms with van der Waals surface area (Å²) in [5.41, 5.74) is -5.22. The number of guanidine groups is 1. The van der Waals surface area contributed by atoms with E-state index in [1.54, 1.807) is 7.05 Å². The molecule has 0 aromatic rings. The predicted octanol–water partition coefficient (Wildman–Crippen LogP) is 2.86. The van der Waals surface area contributed by atoms with E-state index in [0.717, 1.165) is 30.9 Å². The predicted molar refractivity (Wildman–Crippen MR) is 113 cm³/mol. The molecule has 1 aliphatic carbocycles. The van der Waals surface area contributed by atoms with Gasteiger partial charge in [-0.05, 0) is 43.4 Å². The van der Waals surface area contributed by atoms with Crippen LogP contribution in [0.3, 0.4) is 0 Å². The number of halogens is 4. The molecule has 1 N–H and O–H groups in total. The lowest BCUT2D eigenvalue weighted by Gasteiger charge is -2.32. The van der Waals surface area contributed by atoms with Crippen molar-refractivity contribution in [3.63, 3.8) is 0 Å². The number of nitrogens with zero attached hydrogens (tertiary/aromatic N) is 3. The fourth-order valence-corrected chi connectivity index (χ4v) is 5.63. The highest BCUT2D eigenvalue weighted by atomic mass is 127. The number of fused-ring (bicyclic) bond motifs is 1. The number of hydrogen-bond acceptors (Lipinski definition) is 3. The van der Waals surface area contributed by atoms with Crippen molar-refractivity contribution in [3.05, 3.63) is 0 Å². The second kappa shape index (κ2) is 9.67. The van der Waals surface area contributed by atoms with Gasteiger partial charge in [0.25, 0.3) is 0 Å². The van der Waals surface area contributed by atoms with Gasteiger partial charge < -0.3 is 10.2 Å². The standard InChI is InChI=1S/C17H29F3N4O2S.HI/c1-21-16(23-11-14-4-2-3-5-15(14)12-23)22-10-13-6-8-24(9-7-13)27(25,26)17(18,19)20;/h13-15H,2-12H2,1H3,(H,21,22);1H. The number of piperidine rings is 1. The molecule has 3 fully saturated rings. The van der Waals surface area contributed by atoms with E-state index in [2.05, 4.69) is 15.2 Å². The molecule has 28 heavy (non-hydrogen) atoms. The molecule has 164 valence electrons. The minimum Gasteiger partial charge on any atom is -0.356 e. The van der Waals surface area contributed by atoms with Crippen molar-refractivity contribution in [2.75, 3.05) is 39.8 Å². The van der Waals surface area contributed by atoms with Crippen molar-refractivity contribution >= 4 is 40.0 Å². The van der Waals surface area contributed by atoms with Gasteiger partial charge in [-0.25, -0.2) is 8.42 Å². The minimum atomic E-state index is -5.22. The summed E-state index contributed by atoms with van der Waals surface area (Å²) >= 11 is 0. The molecule has 1 saturated carbocycles. The van der Waals surface area contributed by atoms with Crippen LogP contribution in [0.15, 0.2) is 4.99 Å². The molecule has 2 aliphatic heterocycles. The summed E-state index contributed by atoms with van der Waals surface area (Å²) in [5, 5.41) is 3.36. The number of aliphatic imine (C=N–C) groups is 1. The third-order valence-corrected chi connectivity index (χ3v) is 7.87. The van der Waals surface area contributed by atoms with Gasteiger partial charge in [0.05, 0.1) is 0 Å². The van der Waals surface area contributed by atoms with Gasteiger partial charge in [-0.15, -0.1) is 24.0 Å². The molecule has 0 bridgehead atoms. The molecule has 0 aromatic carbocycles. The summed E-state index contributed by atoms with van der Waals surface area (Å²) in [4.78, 5) is 6.67. The van der Waals surface area contributed by atoms with Crippen LogP contribution in [0, 0.1) is 17.8 Å².